The number of pyridine rings is 1. The number of carbonyl (C=O) groups is 2. The topological polar surface area (TPSA) is 109 Å². The third-order valence-electron chi connectivity index (χ3n) is 7.30. The van der Waals surface area contributed by atoms with Crippen molar-refractivity contribution in [1.82, 2.24) is 8.87 Å². The number of carbonyl (C=O) groups excluding carboxylic acids is 2. The Morgan fingerprint density at radius 3 is 2.34 bits per heavy atom. The first-order valence-corrected chi connectivity index (χ1v) is 15.1. The van der Waals surface area contributed by atoms with Crippen LogP contribution < -0.4 is 20.1 Å². The molecule has 41 heavy (non-hydrogen) atoms. The van der Waals surface area contributed by atoms with E-state index < -0.39 is 15.4 Å². The van der Waals surface area contributed by atoms with Crippen LogP contribution in [0.3, 0.4) is 0 Å². The molecule has 0 saturated carbocycles. The highest BCUT2D eigenvalue weighted by Gasteiger charge is 2.45. The first kappa shape index (κ1) is 31.8. The molecule has 11 heteroatoms. The van der Waals surface area contributed by atoms with Gasteiger partial charge in [-0.25, -0.2) is 12.7 Å². The monoisotopic (exact) mass is 584 g/mol. The lowest BCUT2D eigenvalue weighted by Gasteiger charge is -2.27. The number of hydrogen-bond donors (Lipinski definition) is 0. The van der Waals surface area contributed by atoms with Crippen LogP contribution in [0.1, 0.15) is 34.6 Å². The molecule has 1 aliphatic heterocycles. The normalized spacial score (nSPS) is 15.1. The van der Waals surface area contributed by atoms with Gasteiger partial charge >= 0.3 is 0 Å². The Morgan fingerprint density at radius 1 is 0.951 bits per heavy atom. The number of amides is 2. The van der Waals surface area contributed by atoms with Gasteiger partial charge in [0.25, 0.3) is 5.56 Å². The van der Waals surface area contributed by atoms with Gasteiger partial charge in [0.15, 0.2) is 0 Å². The van der Waals surface area contributed by atoms with Crippen LogP contribution in [0.2, 0.25) is 0 Å². The summed E-state index contributed by atoms with van der Waals surface area (Å²) < 4.78 is 33.7. The van der Waals surface area contributed by atoms with Crippen LogP contribution >= 0.6 is 0 Å². The number of benzene rings is 2. The molecule has 2 amide bonds. The Labute approximate surface area is 242 Å². The van der Waals surface area contributed by atoms with Gasteiger partial charge in [0.05, 0.1) is 24.2 Å². The zero-order valence-electron chi connectivity index (χ0n) is 23.6. The van der Waals surface area contributed by atoms with Gasteiger partial charge in [0.2, 0.25) is 21.8 Å². The smallest absolute Gasteiger partial charge is 0.258 e. The van der Waals surface area contributed by atoms with Crippen LogP contribution in [-0.4, -0.2) is 68.6 Å². The molecule has 0 bridgehead atoms. The number of sulfonamides is 1. The van der Waals surface area contributed by atoms with E-state index in [0.29, 0.717) is 35.5 Å². The van der Waals surface area contributed by atoms with Gasteiger partial charge in [-0.2, -0.15) is 0 Å². The van der Waals surface area contributed by atoms with Crippen molar-refractivity contribution in [3.05, 3.63) is 65.1 Å². The predicted molar refractivity (Wildman–Crippen MR) is 163 cm³/mol. The Bertz CT molecular complexity index is 1600. The Morgan fingerprint density at radius 2 is 1.66 bits per heavy atom. The molecule has 0 aliphatic carbocycles. The highest BCUT2D eigenvalue weighted by molar-refractivity contribution is 7.88. The highest BCUT2D eigenvalue weighted by Crippen LogP contribution is 2.40. The Hall–Kier alpha value is -3.70. The van der Waals surface area contributed by atoms with Crippen molar-refractivity contribution in [3.63, 3.8) is 0 Å². The molecular weight excluding hydrogens is 544 g/mol. The number of aromatic nitrogens is 1. The SMILES string of the molecule is C.CCN1C(=O)C(C)(C)C(=O)N(C)c2cc(OCCCN(CCn3ccc4ccccc4c3=O)S(C)(=O)=O)ccc21. The maximum atomic E-state index is 13.1. The molecule has 0 saturated heterocycles. The van der Waals surface area contributed by atoms with E-state index >= 15 is 0 Å². The molecular formula is C30H40N4O6S. The molecule has 0 N–H and O–H groups in total. The van der Waals surface area contributed by atoms with E-state index in [1.54, 1.807) is 62.3 Å². The van der Waals surface area contributed by atoms with Crippen molar-refractivity contribution in [2.75, 3.05) is 49.3 Å². The Kier molecular flexibility index (Phi) is 9.66. The zero-order valence-corrected chi connectivity index (χ0v) is 24.4. The summed E-state index contributed by atoms with van der Waals surface area (Å²) in [6, 6.07) is 14.4. The second kappa shape index (κ2) is 12.4. The number of anilines is 2. The van der Waals surface area contributed by atoms with E-state index in [1.165, 1.54) is 13.8 Å². The fourth-order valence-corrected chi connectivity index (χ4v) is 5.84. The number of nitrogens with zero attached hydrogens (tertiary/aromatic N) is 4. The summed E-state index contributed by atoms with van der Waals surface area (Å²) in [5.41, 5.74) is -0.152. The van der Waals surface area contributed by atoms with Gasteiger partial charge in [-0.05, 0) is 56.8 Å². The van der Waals surface area contributed by atoms with Gasteiger partial charge in [0, 0.05) is 50.9 Å². The quantitative estimate of drug-likeness (QED) is 0.265. The fourth-order valence-electron chi connectivity index (χ4n) is 4.97. The van der Waals surface area contributed by atoms with E-state index in [9.17, 15) is 22.8 Å². The first-order valence-electron chi connectivity index (χ1n) is 13.3. The molecule has 0 radical (unpaired) electrons. The average molecular weight is 585 g/mol. The molecule has 0 spiro atoms. The maximum absolute atomic E-state index is 13.1. The largest absolute Gasteiger partial charge is 0.493 e. The summed E-state index contributed by atoms with van der Waals surface area (Å²) in [5.74, 6) is -0.0533. The van der Waals surface area contributed by atoms with E-state index in [2.05, 4.69) is 0 Å². The van der Waals surface area contributed by atoms with Crippen molar-refractivity contribution in [2.24, 2.45) is 5.41 Å². The molecule has 0 unspecified atom stereocenters. The Balaban J connectivity index is 0.00000462. The number of fused-ring (bicyclic) bond motifs is 2. The maximum Gasteiger partial charge on any atom is 0.258 e. The van der Waals surface area contributed by atoms with Gasteiger partial charge in [0.1, 0.15) is 11.2 Å². The minimum atomic E-state index is -3.51. The summed E-state index contributed by atoms with van der Waals surface area (Å²) in [6.07, 6.45) is 3.25. The lowest BCUT2D eigenvalue weighted by atomic mass is 9.90. The van der Waals surface area contributed by atoms with Crippen LogP contribution in [0, 0.1) is 5.41 Å². The minimum absolute atomic E-state index is 0. The molecule has 1 aliphatic rings. The second-order valence-electron chi connectivity index (χ2n) is 10.5. The van der Waals surface area contributed by atoms with Crippen molar-refractivity contribution in [1.29, 1.82) is 0 Å². The van der Waals surface area contributed by atoms with Crippen molar-refractivity contribution in [3.8, 4) is 5.75 Å². The molecule has 0 atom stereocenters. The number of rotatable bonds is 10. The standard InChI is InChI=1S/C29H36N4O6S.CH4/c1-6-33-24-13-12-22(20-25(24)30(4)27(35)29(2,3)28(33)36)39-19-9-15-32(40(5,37)38)18-17-31-16-14-21-10-7-8-11-23(21)26(31)34;/h7-8,10-14,16,20H,6,9,15,17-19H2,1-5H3;1H4. The van der Waals surface area contributed by atoms with E-state index in [4.69, 9.17) is 4.74 Å². The predicted octanol–water partition coefficient (Wildman–Crippen LogP) is 3.72. The molecule has 0 fully saturated rings. The van der Waals surface area contributed by atoms with Crippen molar-refractivity contribution >= 4 is 44.0 Å². The molecule has 1 aromatic heterocycles. The van der Waals surface area contributed by atoms with Gasteiger partial charge in [-0.1, -0.05) is 25.6 Å². The lowest BCUT2D eigenvalue weighted by Crippen LogP contribution is -2.47. The van der Waals surface area contributed by atoms with E-state index in [1.807, 2.05) is 25.1 Å². The minimum Gasteiger partial charge on any atom is -0.493 e. The summed E-state index contributed by atoms with van der Waals surface area (Å²) in [7, 11) is -1.87. The second-order valence-corrected chi connectivity index (χ2v) is 12.4. The first-order chi connectivity index (χ1) is 18.9. The third kappa shape index (κ3) is 6.46. The van der Waals surface area contributed by atoms with Crippen LogP contribution in [0.5, 0.6) is 5.75 Å². The van der Waals surface area contributed by atoms with Crippen LogP contribution in [0.15, 0.2) is 59.5 Å². The molecule has 222 valence electrons. The lowest BCUT2D eigenvalue weighted by molar-refractivity contribution is -0.137. The van der Waals surface area contributed by atoms with Gasteiger partial charge in [-0.15, -0.1) is 0 Å². The van der Waals surface area contributed by atoms with Crippen LogP contribution in [-0.2, 0) is 26.2 Å². The fraction of sp³-hybridized carbons (Fsp3) is 0.433. The van der Waals surface area contributed by atoms with Crippen LogP contribution in [0.4, 0.5) is 11.4 Å². The van der Waals surface area contributed by atoms with Gasteiger partial charge < -0.3 is 19.1 Å². The molecule has 2 heterocycles. The molecule has 3 aromatic rings. The van der Waals surface area contributed by atoms with Crippen molar-refractivity contribution in [2.45, 2.75) is 41.2 Å². The zero-order chi connectivity index (χ0) is 29.2. The van der Waals surface area contributed by atoms with Crippen molar-refractivity contribution < 1.29 is 22.7 Å². The average Bonchev–Trinajstić information content (AvgIpc) is 2.97. The third-order valence-corrected chi connectivity index (χ3v) is 8.60. The summed E-state index contributed by atoms with van der Waals surface area (Å²) in [5, 5.41) is 1.43. The van der Waals surface area contributed by atoms with E-state index in [-0.39, 0.29) is 51.0 Å². The molecule has 2 aromatic carbocycles. The molecule has 4 rings (SSSR count). The summed E-state index contributed by atoms with van der Waals surface area (Å²) in [4.78, 5) is 42.0. The number of hydrogen-bond acceptors (Lipinski definition) is 6. The summed E-state index contributed by atoms with van der Waals surface area (Å²) in [6.45, 7) is 6.38. The summed E-state index contributed by atoms with van der Waals surface area (Å²) >= 11 is 0. The number of ether oxygens (including phenoxy) is 1. The van der Waals surface area contributed by atoms with Gasteiger partial charge in [-0.3, -0.25) is 14.4 Å². The molecule has 10 nitrogen and oxygen atoms in total. The van der Waals surface area contributed by atoms with Crippen LogP contribution in [0.25, 0.3) is 10.8 Å². The highest BCUT2D eigenvalue weighted by atomic mass is 32.2. The van der Waals surface area contributed by atoms with E-state index in [0.717, 1.165) is 11.6 Å².